The van der Waals surface area contributed by atoms with Crippen molar-refractivity contribution in [2.24, 2.45) is 0 Å². The topological polar surface area (TPSA) is 63.6 Å². The van der Waals surface area contributed by atoms with E-state index in [0.29, 0.717) is 24.2 Å². The lowest BCUT2D eigenvalue weighted by Gasteiger charge is -2.44. The Morgan fingerprint density at radius 1 is 1.27 bits per heavy atom. The number of sulfone groups is 1. The highest BCUT2D eigenvalue weighted by atomic mass is 32.2. The zero-order valence-electron chi connectivity index (χ0n) is 12.6. The normalized spacial score (nSPS) is 33.4. The molecule has 2 unspecified atom stereocenters. The van der Waals surface area contributed by atoms with Crippen molar-refractivity contribution in [3.8, 4) is 5.75 Å². The highest BCUT2D eigenvalue weighted by Gasteiger charge is 2.50. The monoisotopic (exact) mass is 328 g/mol. The third kappa shape index (κ3) is 2.86. The molecule has 1 aromatic rings. The van der Waals surface area contributed by atoms with Crippen LogP contribution in [0.1, 0.15) is 37.7 Å². The van der Waals surface area contributed by atoms with Crippen LogP contribution < -0.4 is 4.74 Å². The Morgan fingerprint density at radius 2 is 1.91 bits per heavy atom. The third-order valence-corrected chi connectivity index (χ3v) is 7.56. The quantitative estimate of drug-likeness (QED) is 0.924. The summed E-state index contributed by atoms with van der Waals surface area (Å²) in [4.78, 5) is 0. The van der Waals surface area contributed by atoms with E-state index in [1.807, 2.05) is 0 Å². The Bertz CT molecular complexity index is 651. The Hall–Kier alpha value is -1.14. The van der Waals surface area contributed by atoms with E-state index in [1.54, 1.807) is 6.07 Å². The number of rotatable bonds is 3. The summed E-state index contributed by atoms with van der Waals surface area (Å²) >= 11 is 0. The fraction of sp³-hybridized carbons (Fsp3) is 0.625. The molecule has 0 radical (unpaired) electrons. The summed E-state index contributed by atoms with van der Waals surface area (Å²) in [7, 11) is -1.65. The average molecular weight is 328 g/mol. The van der Waals surface area contributed by atoms with Crippen LogP contribution in [0.2, 0.25) is 0 Å². The number of benzene rings is 1. The molecule has 3 rings (SSSR count). The fourth-order valence-electron chi connectivity index (χ4n) is 3.91. The minimum absolute atomic E-state index is 0.241. The molecule has 2 fully saturated rings. The fourth-order valence-corrected chi connectivity index (χ4v) is 6.53. The molecule has 122 valence electrons. The Morgan fingerprint density at radius 3 is 2.50 bits per heavy atom. The summed E-state index contributed by atoms with van der Waals surface area (Å²) in [5, 5.41) is 9.97. The third-order valence-electron chi connectivity index (χ3n) is 4.90. The van der Waals surface area contributed by atoms with Gasteiger partial charge in [0, 0.05) is 12.5 Å². The van der Waals surface area contributed by atoms with E-state index < -0.39 is 31.8 Å². The van der Waals surface area contributed by atoms with Gasteiger partial charge >= 0.3 is 0 Å². The average Bonchev–Trinajstić information content (AvgIpc) is 2.40. The van der Waals surface area contributed by atoms with Gasteiger partial charge in [-0.25, -0.2) is 12.8 Å². The highest BCUT2D eigenvalue weighted by Crippen LogP contribution is 2.42. The summed E-state index contributed by atoms with van der Waals surface area (Å²) in [6.07, 6.45) is 2.87. The van der Waals surface area contributed by atoms with E-state index in [2.05, 4.69) is 0 Å². The van der Waals surface area contributed by atoms with Gasteiger partial charge in [-0.15, -0.1) is 0 Å². The summed E-state index contributed by atoms with van der Waals surface area (Å²) in [6.45, 7) is 0. The maximum Gasteiger partial charge on any atom is 0.156 e. The van der Waals surface area contributed by atoms with Crippen molar-refractivity contribution in [1.82, 2.24) is 0 Å². The van der Waals surface area contributed by atoms with Crippen molar-refractivity contribution in [2.75, 3.05) is 7.11 Å². The van der Waals surface area contributed by atoms with Crippen molar-refractivity contribution in [3.63, 3.8) is 0 Å². The summed E-state index contributed by atoms with van der Waals surface area (Å²) < 4.78 is 43.2. The first-order valence-corrected chi connectivity index (χ1v) is 9.22. The molecule has 2 bridgehead atoms. The molecule has 0 aliphatic carbocycles. The minimum atomic E-state index is -3.11. The molecule has 22 heavy (non-hydrogen) atoms. The molecule has 1 N–H and O–H groups in total. The lowest BCUT2D eigenvalue weighted by atomic mass is 9.81. The number of hydrogen-bond donors (Lipinski definition) is 1. The van der Waals surface area contributed by atoms with Gasteiger partial charge in [0.15, 0.2) is 9.84 Å². The van der Waals surface area contributed by atoms with Gasteiger partial charge in [0.25, 0.3) is 0 Å². The molecule has 2 heterocycles. The summed E-state index contributed by atoms with van der Waals surface area (Å²) in [5.74, 6) is -0.0104. The standard InChI is InChI=1S/C16H21FO4S/c1-21-13-6-11(5-12(17)7-13)8-16(18)9-14-3-2-4-15(10-16)22(14,19)20/h5-7,14-15,18H,2-4,8-10H2,1H3. The van der Waals surface area contributed by atoms with Crippen LogP contribution in [-0.4, -0.2) is 36.7 Å². The maximum absolute atomic E-state index is 13.6. The van der Waals surface area contributed by atoms with Crippen molar-refractivity contribution >= 4 is 9.84 Å². The van der Waals surface area contributed by atoms with E-state index in [0.717, 1.165) is 6.42 Å². The second kappa shape index (κ2) is 5.49. The lowest BCUT2D eigenvalue weighted by Crippen LogP contribution is -2.52. The molecule has 4 nitrogen and oxygen atoms in total. The molecule has 0 amide bonds. The molecule has 6 heteroatoms. The molecule has 2 saturated heterocycles. The predicted molar refractivity (Wildman–Crippen MR) is 81.2 cm³/mol. The molecule has 0 spiro atoms. The van der Waals surface area contributed by atoms with Gasteiger partial charge in [-0.05, 0) is 43.4 Å². The summed E-state index contributed by atoms with van der Waals surface area (Å²) in [6, 6.07) is 4.35. The van der Waals surface area contributed by atoms with Crippen molar-refractivity contribution in [3.05, 3.63) is 29.6 Å². The van der Waals surface area contributed by atoms with Gasteiger partial charge in [-0.3, -0.25) is 0 Å². The van der Waals surface area contributed by atoms with Gasteiger partial charge in [0.2, 0.25) is 0 Å². The van der Waals surface area contributed by atoms with Crippen LogP contribution >= 0.6 is 0 Å². The molecule has 2 aliphatic heterocycles. The zero-order valence-corrected chi connectivity index (χ0v) is 13.4. The SMILES string of the molecule is COc1cc(F)cc(CC2(O)CC3CCCC(C2)S3(=O)=O)c1. The van der Waals surface area contributed by atoms with E-state index in [1.165, 1.54) is 19.2 Å². The first kappa shape index (κ1) is 15.7. The van der Waals surface area contributed by atoms with Crippen LogP contribution in [0.4, 0.5) is 4.39 Å². The molecule has 0 aromatic heterocycles. The first-order chi connectivity index (χ1) is 10.3. The molecule has 2 aliphatic rings. The van der Waals surface area contributed by atoms with Crippen LogP contribution in [0, 0.1) is 5.82 Å². The maximum atomic E-state index is 13.6. The molecular formula is C16H21FO4S. The number of ether oxygens (including phenoxy) is 1. The van der Waals surface area contributed by atoms with Crippen LogP contribution in [0.15, 0.2) is 18.2 Å². The van der Waals surface area contributed by atoms with Crippen LogP contribution in [0.5, 0.6) is 5.75 Å². The second-order valence-corrected chi connectivity index (χ2v) is 9.08. The molecule has 1 aromatic carbocycles. The second-order valence-electron chi connectivity index (χ2n) is 6.57. The largest absolute Gasteiger partial charge is 0.497 e. The lowest BCUT2D eigenvalue weighted by molar-refractivity contribution is 0.00982. The van der Waals surface area contributed by atoms with Gasteiger partial charge in [-0.2, -0.15) is 0 Å². The van der Waals surface area contributed by atoms with Gasteiger partial charge in [0.05, 0.1) is 23.2 Å². The number of aliphatic hydroxyl groups is 1. The van der Waals surface area contributed by atoms with E-state index in [-0.39, 0.29) is 19.3 Å². The molecule has 0 saturated carbocycles. The van der Waals surface area contributed by atoms with E-state index in [9.17, 15) is 17.9 Å². The van der Waals surface area contributed by atoms with Crippen LogP contribution in [-0.2, 0) is 16.3 Å². The number of fused-ring (bicyclic) bond motifs is 2. The van der Waals surface area contributed by atoms with Crippen molar-refractivity contribution < 1.29 is 22.7 Å². The van der Waals surface area contributed by atoms with Gasteiger partial charge < -0.3 is 9.84 Å². The number of halogens is 1. The van der Waals surface area contributed by atoms with E-state index in [4.69, 9.17) is 4.74 Å². The minimum Gasteiger partial charge on any atom is -0.497 e. The van der Waals surface area contributed by atoms with Crippen LogP contribution in [0.25, 0.3) is 0 Å². The Kier molecular flexibility index (Phi) is 3.93. The summed E-state index contributed by atoms with van der Waals surface area (Å²) in [5.41, 5.74) is -0.448. The Labute approximate surface area is 130 Å². The molecule has 2 atom stereocenters. The Balaban J connectivity index is 1.85. The van der Waals surface area contributed by atoms with Crippen molar-refractivity contribution in [1.29, 1.82) is 0 Å². The van der Waals surface area contributed by atoms with E-state index >= 15 is 0 Å². The van der Waals surface area contributed by atoms with Crippen LogP contribution in [0.3, 0.4) is 0 Å². The van der Waals surface area contributed by atoms with Gasteiger partial charge in [0.1, 0.15) is 11.6 Å². The number of hydrogen-bond acceptors (Lipinski definition) is 4. The smallest absolute Gasteiger partial charge is 0.156 e. The molecular weight excluding hydrogens is 307 g/mol. The number of methoxy groups -OCH3 is 1. The zero-order chi connectivity index (χ0) is 16.0. The first-order valence-electron chi connectivity index (χ1n) is 7.61. The predicted octanol–water partition coefficient (Wildman–Crippen LogP) is 2.24. The highest BCUT2D eigenvalue weighted by molar-refractivity contribution is 7.92. The van der Waals surface area contributed by atoms with Crippen molar-refractivity contribution in [2.45, 2.75) is 54.6 Å². The van der Waals surface area contributed by atoms with Gasteiger partial charge in [-0.1, -0.05) is 6.42 Å².